The van der Waals surface area contributed by atoms with Gasteiger partial charge in [0.15, 0.2) is 4.34 Å². The summed E-state index contributed by atoms with van der Waals surface area (Å²) in [6.45, 7) is 2.80. The Morgan fingerprint density at radius 2 is 1.66 bits per heavy atom. The first kappa shape index (κ1) is 21.0. The monoisotopic (exact) mass is 463 g/mol. The maximum absolute atomic E-state index is 13.1. The molecule has 0 spiro atoms. The van der Waals surface area contributed by atoms with E-state index in [2.05, 4.69) is 16.0 Å². The molecule has 0 N–H and O–H groups in total. The Kier molecular flexibility index (Phi) is 6.10. The van der Waals surface area contributed by atoms with E-state index in [1.54, 1.807) is 35.2 Å². The first-order valence-electron chi connectivity index (χ1n) is 10.5. The molecule has 0 atom stereocenters. The maximum Gasteiger partial charge on any atom is 0.253 e. The molecule has 2 heterocycles. The number of fused-ring (bicyclic) bond motifs is 1. The van der Waals surface area contributed by atoms with Crippen LogP contribution in [0.2, 0.25) is 0 Å². The van der Waals surface area contributed by atoms with Crippen molar-refractivity contribution in [3.63, 3.8) is 0 Å². The second-order valence-corrected chi connectivity index (χ2v) is 9.94. The predicted octanol–water partition coefficient (Wildman–Crippen LogP) is 5.69. The van der Waals surface area contributed by atoms with E-state index in [9.17, 15) is 9.18 Å². The Morgan fingerprint density at radius 3 is 2.38 bits per heavy atom. The summed E-state index contributed by atoms with van der Waals surface area (Å²) in [6.07, 6.45) is 0. The summed E-state index contributed by atoms with van der Waals surface area (Å²) in [5.41, 5.74) is 3.93. The van der Waals surface area contributed by atoms with Crippen molar-refractivity contribution < 1.29 is 9.18 Å². The molecule has 4 aromatic rings. The van der Waals surface area contributed by atoms with Crippen molar-refractivity contribution in [3.05, 3.63) is 89.7 Å². The molecule has 0 radical (unpaired) electrons. The number of halogens is 1. The highest BCUT2D eigenvalue weighted by molar-refractivity contribution is 8.00. The van der Waals surface area contributed by atoms with E-state index < -0.39 is 0 Å². The summed E-state index contributed by atoms with van der Waals surface area (Å²) in [6, 6.07) is 22.6. The molecule has 1 aliphatic heterocycles. The van der Waals surface area contributed by atoms with E-state index in [1.807, 2.05) is 47.4 Å². The van der Waals surface area contributed by atoms with Gasteiger partial charge in [-0.2, -0.15) is 0 Å². The summed E-state index contributed by atoms with van der Waals surface area (Å²) >= 11 is 3.43. The van der Waals surface area contributed by atoms with Crippen LogP contribution in [0.15, 0.2) is 77.1 Å². The van der Waals surface area contributed by atoms with Gasteiger partial charge in [-0.05, 0) is 54.1 Å². The van der Waals surface area contributed by atoms with E-state index in [0.29, 0.717) is 18.7 Å². The zero-order valence-electron chi connectivity index (χ0n) is 17.4. The third-order valence-corrected chi connectivity index (χ3v) is 7.85. The van der Waals surface area contributed by atoms with Crippen molar-refractivity contribution >= 4 is 44.9 Å². The number of para-hydroxylation sites is 1. The van der Waals surface area contributed by atoms with Gasteiger partial charge < -0.3 is 9.80 Å². The SMILES string of the molecule is O=C(c1ccc(CSc2nc3ccccc3s2)cc1)N1CCN(c2ccc(F)cc2)CC1. The topological polar surface area (TPSA) is 36.4 Å². The summed E-state index contributed by atoms with van der Waals surface area (Å²) < 4.78 is 15.4. The number of carbonyl (C=O) groups excluding carboxylic acids is 1. The zero-order valence-corrected chi connectivity index (χ0v) is 19.0. The second-order valence-electron chi connectivity index (χ2n) is 7.69. The van der Waals surface area contributed by atoms with Gasteiger partial charge in [0.05, 0.1) is 10.2 Å². The predicted molar refractivity (Wildman–Crippen MR) is 130 cm³/mol. The third-order valence-electron chi connectivity index (χ3n) is 5.60. The molecule has 0 saturated carbocycles. The minimum atomic E-state index is -0.232. The highest BCUT2D eigenvalue weighted by atomic mass is 32.2. The molecule has 1 aliphatic rings. The van der Waals surface area contributed by atoms with E-state index in [1.165, 1.54) is 22.4 Å². The molecular weight excluding hydrogens is 441 g/mol. The van der Waals surface area contributed by atoms with Gasteiger partial charge in [0.2, 0.25) is 0 Å². The fraction of sp³-hybridized carbons (Fsp3) is 0.200. The Bertz CT molecular complexity index is 1180. The number of anilines is 1. The van der Waals surface area contributed by atoms with Crippen LogP contribution < -0.4 is 4.90 Å². The highest BCUT2D eigenvalue weighted by Gasteiger charge is 2.22. The van der Waals surface area contributed by atoms with Crippen LogP contribution in [-0.2, 0) is 5.75 Å². The minimum absolute atomic E-state index is 0.0640. The number of thiazole rings is 1. The molecular formula is C25H22FN3OS2. The summed E-state index contributed by atoms with van der Waals surface area (Å²) in [4.78, 5) is 21.7. The largest absolute Gasteiger partial charge is 0.368 e. The molecule has 1 saturated heterocycles. The number of nitrogens with zero attached hydrogens (tertiary/aromatic N) is 3. The van der Waals surface area contributed by atoms with E-state index in [4.69, 9.17) is 0 Å². The number of hydrogen-bond donors (Lipinski definition) is 0. The molecule has 162 valence electrons. The molecule has 1 fully saturated rings. The van der Waals surface area contributed by atoms with Crippen molar-refractivity contribution in [1.29, 1.82) is 0 Å². The Morgan fingerprint density at radius 1 is 0.938 bits per heavy atom. The lowest BCUT2D eigenvalue weighted by atomic mass is 10.1. The molecule has 0 bridgehead atoms. The molecule has 5 rings (SSSR count). The van der Waals surface area contributed by atoms with Crippen LogP contribution in [0, 0.1) is 5.82 Å². The number of hydrogen-bond acceptors (Lipinski definition) is 5. The fourth-order valence-corrected chi connectivity index (χ4v) is 5.83. The Labute approximate surface area is 194 Å². The molecule has 1 aromatic heterocycles. The Balaban J connectivity index is 1.16. The van der Waals surface area contributed by atoms with Gasteiger partial charge in [-0.1, -0.05) is 36.0 Å². The van der Waals surface area contributed by atoms with E-state index in [0.717, 1.165) is 34.4 Å². The lowest BCUT2D eigenvalue weighted by Crippen LogP contribution is -2.48. The van der Waals surface area contributed by atoms with E-state index in [-0.39, 0.29) is 11.7 Å². The molecule has 1 amide bonds. The standard InChI is InChI=1S/C25H22FN3OS2/c26-20-9-11-21(12-10-20)28-13-15-29(16-14-28)24(30)19-7-5-18(6-8-19)17-31-25-27-22-3-1-2-4-23(22)32-25/h1-12H,13-17H2. The summed E-state index contributed by atoms with van der Waals surface area (Å²) in [5.74, 6) is 0.656. The average molecular weight is 464 g/mol. The molecule has 32 heavy (non-hydrogen) atoms. The number of piperazine rings is 1. The number of carbonyl (C=O) groups is 1. The van der Waals surface area contributed by atoms with Crippen LogP contribution in [0.4, 0.5) is 10.1 Å². The Hall–Kier alpha value is -2.90. The third kappa shape index (κ3) is 4.64. The fourth-order valence-electron chi connectivity index (χ4n) is 3.80. The minimum Gasteiger partial charge on any atom is -0.368 e. The lowest BCUT2D eigenvalue weighted by Gasteiger charge is -2.36. The smallest absolute Gasteiger partial charge is 0.253 e. The normalized spacial score (nSPS) is 14.2. The van der Waals surface area contributed by atoms with Crippen molar-refractivity contribution in [1.82, 2.24) is 9.88 Å². The van der Waals surface area contributed by atoms with Gasteiger partial charge in [0, 0.05) is 43.2 Å². The van der Waals surface area contributed by atoms with Gasteiger partial charge in [-0.3, -0.25) is 4.79 Å². The number of rotatable bonds is 5. The summed E-state index contributed by atoms with van der Waals surface area (Å²) in [7, 11) is 0. The van der Waals surface area contributed by atoms with Crippen molar-refractivity contribution in [2.24, 2.45) is 0 Å². The highest BCUT2D eigenvalue weighted by Crippen LogP contribution is 2.31. The molecule has 7 heteroatoms. The van der Waals surface area contributed by atoms with Crippen LogP contribution in [0.5, 0.6) is 0 Å². The van der Waals surface area contributed by atoms with Crippen LogP contribution in [0.3, 0.4) is 0 Å². The first-order chi connectivity index (χ1) is 15.7. The number of amides is 1. The van der Waals surface area contributed by atoms with Crippen LogP contribution >= 0.6 is 23.1 Å². The van der Waals surface area contributed by atoms with Crippen LogP contribution in [0.1, 0.15) is 15.9 Å². The van der Waals surface area contributed by atoms with Crippen molar-refractivity contribution in [3.8, 4) is 0 Å². The van der Waals surface area contributed by atoms with Gasteiger partial charge in [0.25, 0.3) is 5.91 Å². The van der Waals surface area contributed by atoms with Crippen molar-refractivity contribution in [2.45, 2.75) is 10.1 Å². The average Bonchev–Trinajstić information content (AvgIpc) is 3.26. The maximum atomic E-state index is 13.1. The number of aromatic nitrogens is 1. The zero-order chi connectivity index (χ0) is 21.9. The van der Waals surface area contributed by atoms with Crippen LogP contribution in [0.25, 0.3) is 10.2 Å². The van der Waals surface area contributed by atoms with Gasteiger partial charge >= 0.3 is 0 Å². The molecule has 3 aromatic carbocycles. The van der Waals surface area contributed by atoms with Gasteiger partial charge in [-0.25, -0.2) is 9.37 Å². The van der Waals surface area contributed by atoms with Crippen LogP contribution in [-0.4, -0.2) is 42.0 Å². The molecule has 0 unspecified atom stereocenters. The van der Waals surface area contributed by atoms with Gasteiger partial charge in [0.1, 0.15) is 5.82 Å². The summed E-state index contributed by atoms with van der Waals surface area (Å²) in [5, 5.41) is 0. The van der Waals surface area contributed by atoms with Gasteiger partial charge in [-0.15, -0.1) is 11.3 Å². The lowest BCUT2D eigenvalue weighted by molar-refractivity contribution is 0.0747. The number of thioether (sulfide) groups is 1. The quantitative estimate of drug-likeness (QED) is 0.356. The second kappa shape index (κ2) is 9.30. The molecule has 0 aliphatic carbocycles. The molecule has 4 nitrogen and oxygen atoms in total. The van der Waals surface area contributed by atoms with E-state index >= 15 is 0 Å². The van der Waals surface area contributed by atoms with Crippen molar-refractivity contribution in [2.75, 3.05) is 31.1 Å². The number of benzene rings is 3. The first-order valence-corrected chi connectivity index (χ1v) is 12.3.